The number of H-pyrrole nitrogens is 1. The number of ether oxygens (including phenoxy) is 2. The van der Waals surface area contributed by atoms with E-state index < -0.39 is 6.04 Å². The molecule has 10 nitrogen and oxygen atoms in total. The molecule has 0 aliphatic carbocycles. The molecule has 37 heavy (non-hydrogen) atoms. The number of methoxy groups -OCH3 is 2. The van der Waals surface area contributed by atoms with E-state index in [0.717, 1.165) is 16.7 Å². The Hall–Kier alpha value is -4.28. The highest BCUT2D eigenvalue weighted by atomic mass is 16.5. The minimum atomic E-state index is -0.576. The van der Waals surface area contributed by atoms with E-state index in [2.05, 4.69) is 37.5 Å². The van der Waals surface area contributed by atoms with Gasteiger partial charge in [-0.05, 0) is 51.7 Å². The smallest absolute Gasteiger partial charge is 0.253 e. The van der Waals surface area contributed by atoms with E-state index >= 15 is 0 Å². The molecule has 1 atom stereocenters. The highest BCUT2D eigenvalue weighted by Crippen LogP contribution is 2.30. The average molecular weight is 501 g/mol. The standard InChI is InChI=1S/C27H28N6O4/c1-35-14-12-33-26(29-30-31-33)25(23-15-20-10-11-21(36-2)16-24(20)28-27(23)34)32(18-22-9-6-13-37-22)17-19-7-4-3-5-8-19/h3-11,13,15-16,25H,12,14,17-18H2,1-2H3,(H,28,34)/t25-/m1/s1. The monoisotopic (exact) mass is 500 g/mol. The van der Waals surface area contributed by atoms with Gasteiger partial charge in [0.1, 0.15) is 17.6 Å². The lowest BCUT2D eigenvalue weighted by molar-refractivity contribution is 0.163. The first-order valence-electron chi connectivity index (χ1n) is 11.9. The molecule has 3 aromatic heterocycles. The Morgan fingerprint density at radius 3 is 2.68 bits per heavy atom. The van der Waals surface area contributed by atoms with E-state index in [1.165, 1.54) is 0 Å². The Labute approximate surface area is 213 Å². The number of hydrogen-bond donors (Lipinski definition) is 1. The Kier molecular flexibility index (Phi) is 7.38. The van der Waals surface area contributed by atoms with Crippen LogP contribution in [-0.4, -0.2) is 50.9 Å². The number of fused-ring (bicyclic) bond motifs is 1. The zero-order chi connectivity index (χ0) is 25.6. The molecule has 5 aromatic rings. The quantitative estimate of drug-likeness (QED) is 0.293. The predicted octanol–water partition coefficient (Wildman–Crippen LogP) is 3.55. The van der Waals surface area contributed by atoms with Crippen molar-refractivity contribution >= 4 is 10.9 Å². The summed E-state index contributed by atoms with van der Waals surface area (Å²) in [5.41, 5.74) is 2.06. The summed E-state index contributed by atoms with van der Waals surface area (Å²) in [5.74, 6) is 1.97. The number of rotatable bonds is 11. The van der Waals surface area contributed by atoms with Crippen LogP contribution in [0.2, 0.25) is 0 Å². The molecule has 10 heteroatoms. The molecule has 1 N–H and O–H groups in total. The molecule has 0 unspecified atom stereocenters. The summed E-state index contributed by atoms with van der Waals surface area (Å²) in [7, 11) is 3.22. The van der Waals surface area contributed by atoms with E-state index in [4.69, 9.17) is 13.9 Å². The summed E-state index contributed by atoms with van der Waals surface area (Å²) in [6.45, 7) is 1.83. The van der Waals surface area contributed by atoms with Crippen LogP contribution in [0.15, 0.2) is 82.2 Å². The third-order valence-electron chi connectivity index (χ3n) is 6.22. The molecule has 3 heterocycles. The predicted molar refractivity (Wildman–Crippen MR) is 137 cm³/mol. The molecular weight excluding hydrogens is 472 g/mol. The molecule has 0 bridgehead atoms. The van der Waals surface area contributed by atoms with Crippen molar-refractivity contribution in [3.8, 4) is 5.75 Å². The molecule has 0 fully saturated rings. The maximum Gasteiger partial charge on any atom is 0.253 e. The number of tetrazole rings is 1. The van der Waals surface area contributed by atoms with Crippen LogP contribution in [0.25, 0.3) is 10.9 Å². The molecule has 0 saturated heterocycles. The number of benzene rings is 2. The Balaban J connectivity index is 1.67. The number of nitrogens with zero attached hydrogens (tertiary/aromatic N) is 5. The molecule has 2 aromatic carbocycles. The van der Waals surface area contributed by atoms with Gasteiger partial charge in [-0.25, -0.2) is 4.68 Å². The van der Waals surface area contributed by atoms with Crippen LogP contribution in [-0.2, 0) is 24.4 Å². The molecule has 0 amide bonds. The second-order valence-electron chi connectivity index (χ2n) is 8.63. The lowest BCUT2D eigenvalue weighted by atomic mass is 10.0. The summed E-state index contributed by atoms with van der Waals surface area (Å²) < 4.78 is 18.0. The number of aromatic amines is 1. The first kappa shape index (κ1) is 24.4. The van der Waals surface area contributed by atoms with E-state index in [1.807, 2.05) is 54.6 Å². The highest BCUT2D eigenvalue weighted by molar-refractivity contribution is 5.80. The summed E-state index contributed by atoms with van der Waals surface area (Å²) in [6.07, 6.45) is 1.64. The van der Waals surface area contributed by atoms with Gasteiger partial charge in [-0.2, -0.15) is 0 Å². The van der Waals surface area contributed by atoms with Crippen molar-refractivity contribution in [3.05, 3.63) is 106 Å². The third-order valence-corrected chi connectivity index (χ3v) is 6.22. The molecule has 0 spiro atoms. The zero-order valence-electron chi connectivity index (χ0n) is 20.7. The van der Waals surface area contributed by atoms with Gasteiger partial charge in [-0.15, -0.1) is 5.10 Å². The fourth-order valence-electron chi connectivity index (χ4n) is 4.43. The Morgan fingerprint density at radius 1 is 1.05 bits per heavy atom. The number of aromatic nitrogens is 5. The normalized spacial score (nSPS) is 12.3. The van der Waals surface area contributed by atoms with Crippen molar-refractivity contribution in [3.63, 3.8) is 0 Å². The van der Waals surface area contributed by atoms with Crippen molar-refractivity contribution in [1.29, 1.82) is 0 Å². The number of pyridine rings is 1. The maximum atomic E-state index is 13.6. The summed E-state index contributed by atoms with van der Waals surface area (Å²) in [6, 6.07) is 20.8. The van der Waals surface area contributed by atoms with Crippen molar-refractivity contribution in [2.45, 2.75) is 25.7 Å². The SMILES string of the molecule is COCCn1nnnc1[C@@H](c1cc2ccc(OC)cc2[nH]c1=O)N(Cc1ccccc1)Cc1ccco1. The lowest BCUT2D eigenvalue weighted by Gasteiger charge is -2.30. The Morgan fingerprint density at radius 2 is 1.92 bits per heavy atom. The number of furan rings is 1. The van der Waals surface area contributed by atoms with E-state index in [9.17, 15) is 4.79 Å². The van der Waals surface area contributed by atoms with Gasteiger partial charge in [0.2, 0.25) is 0 Å². The first-order valence-corrected chi connectivity index (χ1v) is 11.9. The van der Waals surface area contributed by atoms with E-state index in [-0.39, 0.29) is 5.56 Å². The van der Waals surface area contributed by atoms with Crippen molar-refractivity contribution in [2.75, 3.05) is 20.8 Å². The fourth-order valence-corrected chi connectivity index (χ4v) is 4.43. The lowest BCUT2D eigenvalue weighted by Crippen LogP contribution is -2.35. The second kappa shape index (κ2) is 11.2. The van der Waals surface area contributed by atoms with Crippen molar-refractivity contribution in [1.82, 2.24) is 30.1 Å². The topological polar surface area (TPSA) is 111 Å². The van der Waals surface area contributed by atoms with Gasteiger partial charge in [-0.3, -0.25) is 9.69 Å². The van der Waals surface area contributed by atoms with Crippen LogP contribution in [0.1, 0.15) is 28.8 Å². The van der Waals surface area contributed by atoms with Crippen LogP contribution in [0.5, 0.6) is 5.75 Å². The second-order valence-corrected chi connectivity index (χ2v) is 8.63. The van der Waals surface area contributed by atoms with Crippen LogP contribution in [0.4, 0.5) is 0 Å². The zero-order valence-corrected chi connectivity index (χ0v) is 20.7. The van der Waals surface area contributed by atoms with Crippen LogP contribution >= 0.6 is 0 Å². The van der Waals surface area contributed by atoms with Crippen LogP contribution in [0, 0.1) is 0 Å². The molecular formula is C27H28N6O4. The van der Waals surface area contributed by atoms with E-state index in [1.54, 1.807) is 25.2 Å². The third kappa shape index (κ3) is 5.45. The van der Waals surface area contributed by atoms with Gasteiger partial charge >= 0.3 is 0 Å². The molecule has 0 radical (unpaired) electrons. The van der Waals surface area contributed by atoms with Crippen molar-refractivity contribution in [2.24, 2.45) is 0 Å². The van der Waals surface area contributed by atoms with Gasteiger partial charge < -0.3 is 18.9 Å². The summed E-state index contributed by atoms with van der Waals surface area (Å²) in [4.78, 5) is 18.8. The number of nitrogens with one attached hydrogen (secondary N) is 1. The highest BCUT2D eigenvalue weighted by Gasteiger charge is 2.31. The van der Waals surface area contributed by atoms with Crippen LogP contribution < -0.4 is 10.3 Å². The minimum Gasteiger partial charge on any atom is -0.497 e. The first-order chi connectivity index (χ1) is 18.2. The fraction of sp³-hybridized carbons (Fsp3) is 0.259. The summed E-state index contributed by atoms with van der Waals surface area (Å²) in [5, 5.41) is 13.4. The van der Waals surface area contributed by atoms with Gasteiger partial charge in [0.05, 0.1) is 38.6 Å². The summed E-state index contributed by atoms with van der Waals surface area (Å²) >= 11 is 0. The van der Waals surface area contributed by atoms with E-state index in [0.29, 0.717) is 48.9 Å². The molecule has 0 aliphatic rings. The van der Waals surface area contributed by atoms with Crippen molar-refractivity contribution < 1.29 is 13.9 Å². The molecule has 0 aliphatic heterocycles. The maximum absolute atomic E-state index is 13.6. The Bertz CT molecular complexity index is 1500. The number of hydrogen-bond acceptors (Lipinski definition) is 8. The van der Waals surface area contributed by atoms with Crippen LogP contribution in [0.3, 0.4) is 0 Å². The molecule has 190 valence electrons. The van der Waals surface area contributed by atoms with Gasteiger partial charge in [0.15, 0.2) is 5.82 Å². The molecule has 5 rings (SSSR count). The van der Waals surface area contributed by atoms with Gasteiger partial charge in [-0.1, -0.05) is 30.3 Å². The average Bonchev–Trinajstić information content (AvgIpc) is 3.60. The minimum absolute atomic E-state index is 0.232. The van der Waals surface area contributed by atoms with Gasteiger partial charge in [0.25, 0.3) is 5.56 Å². The largest absolute Gasteiger partial charge is 0.497 e. The van der Waals surface area contributed by atoms with Gasteiger partial charge in [0, 0.05) is 25.3 Å². The molecule has 0 saturated carbocycles.